The summed E-state index contributed by atoms with van der Waals surface area (Å²) in [5, 5.41) is 12.6. The molecule has 0 bridgehead atoms. The highest BCUT2D eigenvalue weighted by Crippen LogP contribution is 2.24. The van der Waals surface area contributed by atoms with E-state index >= 15 is 0 Å². The van der Waals surface area contributed by atoms with Crippen molar-refractivity contribution in [3.63, 3.8) is 0 Å². The van der Waals surface area contributed by atoms with Crippen LogP contribution in [0.15, 0.2) is 0 Å². The standard InChI is InChI=1S/C14H22N2O4S/c1-8(2)14(4,6-11(17)18)16-13(19)12-9(3)15-10(21-12)7-20-5/h8H,6-7H2,1-5H3,(H,16,19)(H,17,18). The van der Waals surface area contributed by atoms with E-state index in [0.29, 0.717) is 17.2 Å². The van der Waals surface area contributed by atoms with Gasteiger partial charge in [-0.05, 0) is 19.8 Å². The maximum Gasteiger partial charge on any atom is 0.305 e. The SMILES string of the molecule is COCc1nc(C)c(C(=O)NC(C)(CC(=O)O)C(C)C)s1. The fourth-order valence-corrected chi connectivity index (χ4v) is 2.80. The summed E-state index contributed by atoms with van der Waals surface area (Å²) in [6.07, 6.45) is -0.126. The maximum absolute atomic E-state index is 12.4. The van der Waals surface area contributed by atoms with Gasteiger partial charge >= 0.3 is 5.97 Å². The molecule has 0 aromatic carbocycles. The molecule has 1 atom stereocenters. The van der Waals surface area contributed by atoms with Crippen LogP contribution in [-0.4, -0.2) is 34.6 Å². The summed E-state index contributed by atoms with van der Waals surface area (Å²) in [7, 11) is 1.57. The van der Waals surface area contributed by atoms with Gasteiger partial charge in [0.25, 0.3) is 5.91 Å². The van der Waals surface area contributed by atoms with Gasteiger partial charge in [0.2, 0.25) is 0 Å². The molecule has 1 aromatic rings. The monoisotopic (exact) mass is 314 g/mol. The number of hydrogen-bond donors (Lipinski definition) is 2. The highest BCUT2D eigenvalue weighted by atomic mass is 32.1. The number of methoxy groups -OCH3 is 1. The minimum Gasteiger partial charge on any atom is -0.481 e. The quantitative estimate of drug-likeness (QED) is 0.805. The normalized spacial score (nSPS) is 14.0. The van der Waals surface area contributed by atoms with Crippen LogP contribution in [0.2, 0.25) is 0 Å². The second-order valence-electron chi connectivity index (χ2n) is 5.55. The Morgan fingerprint density at radius 1 is 1.48 bits per heavy atom. The third-order valence-corrected chi connectivity index (χ3v) is 4.64. The van der Waals surface area contributed by atoms with Crippen molar-refractivity contribution in [1.82, 2.24) is 10.3 Å². The number of rotatable bonds is 7. The van der Waals surface area contributed by atoms with Crippen molar-refractivity contribution in [3.05, 3.63) is 15.6 Å². The molecular formula is C14H22N2O4S. The molecule has 1 aromatic heterocycles. The molecule has 0 aliphatic carbocycles. The van der Waals surface area contributed by atoms with Gasteiger partial charge in [-0.15, -0.1) is 11.3 Å². The summed E-state index contributed by atoms with van der Waals surface area (Å²) in [6, 6.07) is 0. The molecule has 1 amide bonds. The van der Waals surface area contributed by atoms with Gasteiger partial charge < -0.3 is 15.2 Å². The number of carbonyl (C=O) groups is 2. The fourth-order valence-electron chi connectivity index (χ4n) is 1.87. The molecule has 1 unspecified atom stereocenters. The Hall–Kier alpha value is -1.47. The topological polar surface area (TPSA) is 88.5 Å². The summed E-state index contributed by atoms with van der Waals surface area (Å²) < 4.78 is 5.01. The summed E-state index contributed by atoms with van der Waals surface area (Å²) >= 11 is 1.27. The van der Waals surface area contributed by atoms with E-state index in [1.165, 1.54) is 11.3 Å². The number of aliphatic carboxylic acids is 1. The Balaban J connectivity index is 2.94. The molecule has 2 N–H and O–H groups in total. The van der Waals surface area contributed by atoms with E-state index in [4.69, 9.17) is 9.84 Å². The molecule has 21 heavy (non-hydrogen) atoms. The summed E-state index contributed by atoms with van der Waals surface area (Å²) in [6.45, 7) is 7.64. The van der Waals surface area contributed by atoms with Gasteiger partial charge in [-0.2, -0.15) is 0 Å². The van der Waals surface area contributed by atoms with Crippen molar-refractivity contribution in [1.29, 1.82) is 0 Å². The van der Waals surface area contributed by atoms with E-state index in [-0.39, 0.29) is 18.2 Å². The Kier molecular flexibility index (Phi) is 5.86. The minimum atomic E-state index is -0.937. The zero-order valence-corrected chi connectivity index (χ0v) is 13.8. The maximum atomic E-state index is 12.4. The van der Waals surface area contributed by atoms with Crippen molar-refractivity contribution >= 4 is 23.2 Å². The molecule has 6 nitrogen and oxygen atoms in total. The van der Waals surface area contributed by atoms with E-state index in [9.17, 15) is 9.59 Å². The predicted molar refractivity (Wildman–Crippen MR) is 80.5 cm³/mol. The van der Waals surface area contributed by atoms with Gasteiger partial charge in [-0.1, -0.05) is 13.8 Å². The van der Waals surface area contributed by atoms with Gasteiger partial charge in [-0.3, -0.25) is 9.59 Å². The first-order valence-corrected chi connectivity index (χ1v) is 7.50. The van der Waals surface area contributed by atoms with Crippen LogP contribution in [0.5, 0.6) is 0 Å². The smallest absolute Gasteiger partial charge is 0.305 e. The number of nitrogens with zero attached hydrogens (tertiary/aromatic N) is 1. The van der Waals surface area contributed by atoms with Crippen molar-refractivity contribution in [2.75, 3.05) is 7.11 Å². The highest BCUT2D eigenvalue weighted by molar-refractivity contribution is 7.13. The van der Waals surface area contributed by atoms with E-state index in [1.807, 2.05) is 13.8 Å². The van der Waals surface area contributed by atoms with E-state index < -0.39 is 11.5 Å². The number of ether oxygens (including phenoxy) is 1. The zero-order valence-electron chi connectivity index (χ0n) is 13.0. The van der Waals surface area contributed by atoms with Gasteiger partial charge in [0.05, 0.1) is 24.3 Å². The third kappa shape index (κ3) is 4.50. The van der Waals surface area contributed by atoms with E-state index in [0.717, 1.165) is 5.01 Å². The number of carboxylic acids is 1. The molecule has 118 valence electrons. The van der Waals surface area contributed by atoms with E-state index in [1.54, 1.807) is 21.0 Å². The molecule has 0 aliphatic heterocycles. The summed E-state index contributed by atoms with van der Waals surface area (Å²) in [5.74, 6) is -1.23. The Morgan fingerprint density at radius 3 is 2.57 bits per heavy atom. The zero-order chi connectivity index (χ0) is 16.2. The molecule has 0 saturated heterocycles. The lowest BCUT2D eigenvalue weighted by Crippen LogP contribution is -2.51. The second kappa shape index (κ2) is 7.00. The van der Waals surface area contributed by atoms with Crippen LogP contribution in [0, 0.1) is 12.8 Å². The molecule has 7 heteroatoms. The lowest BCUT2D eigenvalue weighted by Gasteiger charge is -2.33. The average Bonchev–Trinajstić information content (AvgIpc) is 2.69. The number of carbonyl (C=O) groups excluding carboxylic acids is 1. The van der Waals surface area contributed by atoms with Crippen molar-refractivity contribution in [2.45, 2.75) is 46.3 Å². The largest absolute Gasteiger partial charge is 0.481 e. The van der Waals surface area contributed by atoms with Gasteiger partial charge in [0, 0.05) is 7.11 Å². The van der Waals surface area contributed by atoms with Crippen LogP contribution in [0.4, 0.5) is 0 Å². The number of hydrogen-bond acceptors (Lipinski definition) is 5. The summed E-state index contributed by atoms with van der Waals surface area (Å²) in [5.41, 5.74) is -0.174. The van der Waals surface area contributed by atoms with Crippen LogP contribution < -0.4 is 5.32 Å². The molecule has 1 rings (SSSR count). The first-order chi connectivity index (χ1) is 9.69. The number of aromatic nitrogens is 1. The van der Waals surface area contributed by atoms with Crippen molar-refractivity contribution in [3.8, 4) is 0 Å². The number of amides is 1. The minimum absolute atomic E-state index is 0.00998. The van der Waals surface area contributed by atoms with Gasteiger partial charge in [-0.25, -0.2) is 4.98 Å². The molecule has 0 spiro atoms. The molecular weight excluding hydrogens is 292 g/mol. The predicted octanol–water partition coefficient (Wildman–Crippen LogP) is 2.22. The average molecular weight is 314 g/mol. The lowest BCUT2D eigenvalue weighted by molar-refractivity contribution is -0.138. The van der Waals surface area contributed by atoms with Crippen molar-refractivity contribution < 1.29 is 19.4 Å². The molecule has 0 saturated carbocycles. The number of nitrogens with one attached hydrogen (secondary N) is 1. The van der Waals surface area contributed by atoms with Crippen molar-refractivity contribution in [2.24, 2.45) is 5.92 Å². The Labute approximate surface area is 128 Å². The van der Waals surface area contributed by atoms with Crippen LogP contribution in [0.25, 0.3) is 0 Å². The van der Waals surface area contributed by atoms with Crippen LogP contribution in [0.3, 0.4) is 0 Å². The molecule has 1 heterocycles. The summed E-state index contributed by atoms with van der Waals surface area (Å²) in [4.78, 5) is 28.2. The van der Waals surface area contributed by atoms with E-state index in [2.05, 4.69) is 10.3 Å². The second-order valence-corrected chi connectivity index (χ2v) is 6.64. The van der Waals surface area contributed by atoms with Gasteiger partial charge in [0.1, 0.15) is 9.88 Å². The number of aryl methyl sites for hydroxylation is 1. The molecule has 0 radical (unpaired) electrons. The number of thiazole rings is 1. The number of carboxylic acid groups (broad SMARTS) is 1. The Bertz CT molecular complexity index is 527. The third-order valence-electron chi connectivity index (χ3n) is 3.51. The molecule has 0 aliphatic rings. The fraction of sp³-hybridized carbons (Fsp3) is 0.643. The van der Waals surface area contributed by atoms with Gasteiger partial charge in [0.15, 0.2) is 0 Å². The lowest BCUT2D eigenvalue weighted by atomic mass is 9.85. The van der Waals surface area contributed by atoms with Crippen LogP contribution >= 0.6 is 11.3 Å². The van der Waals surface area contributed by atoms with Crippen LogP contribution in [0.1, 0.15) is 47.6 Å². The first kappa shape index (κ1) is 17.6. The highest BCUT2D eigenvalue weighted by Gasteiger charge is 2.34. The Morgan fingerprint density at radius 2 is 2.10 bits per heavy atom. The first-order valence-electron chi connectivity index (χ1n) is 6.69. The molecule has 0 fully saturated rings. The van der Waals surface area contributed by atoms with Crippen LogP contribution in [-0.2, 0) is 16.1 Å².